The number of hydrogen-bond donors (Lipinski definition) is 1. The van der Waals surface area contributed by atoms with Gasteiger partial charge in [0.1, 0.15) is 5.84 Å². The summed E-state index contributed by atoms with van der Waals surface area (Å²) in [5.74, 6) is 0.133. The summed E-state index contributed by atoms with van der Waals surface area (Å²) in [5.41, 5.74) is 2.49. The maximum absolute atomic E-state index is 12.6. The van der Waals surface area contributed by atoms with Crippen molar-refractivity contribution in [3.63, 3.8) is 0 Å². The van der Waals surface area contributed by atoms with Crippen molar-refractivity contribution in [3.8, 4) is 0 Å². The van der Waals surface area contributed by atoms with Crippen LogP contribution in [0.2, 0.25) is 0 Å². The summed E-state index contributed by atoms with van der Waals surface area (Å²) in [6.45, 7) is 4.54. The molecule has 2 rings (SSSR count). The molecule has 0 radical (unpaired) electrons. The maximum Gasteiger partial charge on any atom is 0.259 e. The second-order valence-electron chi connectivity index (χ2n) is 5.04. The summed E-state index contributed by atoms with van der Waals surface area (Å²) < 4.78 is 0. The molecule has 21 heavy (non-hydrogen) atoms. The first-order valence-corrected chi connectivity index (χ1v) is 7.16. The second-order valence-corrected chi connectivity index (χ2v) is 5.04. The fourth-order valence-corrected chi connectivity index (χ4v) is 2.14. The number of amidine groups is 1. The highest BCUT2D eigenvalue weighted by molar-refractivity contribution is 6.11. The average molecular weight is 280 g/mol. The van der Waals surface area contributed by atoms with Crippen molar-refractivity contribution in [3.05, 3.63) is 71.3 Å². The normalized spacial score (nSPS) is 10.2. The molecule has 3 nitrogen and oxygen atoms in total. The first-order valence-electron chi connectivity index (χ1n) is 7.16. The fraction of sp³-hybridized carbons (Fsp3) is 0.222. The fourth-order valence-electron chi connectivity index (χ4n) is 2.14. The molecule has 0 saturated heterocycles. The van der Waals surface area contributed by atoms with Gasteiger partial charge < -0.3 is 0 Å². The van der Waals surface area contributed by atoms with Gasteiger partial charge in [-0.3, -0.25) is 15.1 Å². The van der Waals surface area contributed by atoms with Crippen LogP contribution < -0.4 is 0 Å². The standard InChI is InChI=1S/C18H20N2O/c1-3-13-20(17(19)15-7-5-4-6-8-15)18(21)16-11-9-14(2)10-12-16/h4-12,19H,3,13H2,1-2H3. The van der Waals surface area contributed by atoms with Crippen LogP contribution in [0.4, 0.5) is 0 Å². The Bertz CT molecular complexity index is 617. The zero-order chi connectivity index (χ0) is 15.2. The lowest BCUT2D eigenvalue weighted by Gasteiger charge is -2.23. The minimum absolute atomic E-state index is 0.120. The van der Waals surface area contributed by atoms with Crippen LogP contribution in [0.25, 0.3) is 0 Å². The SMILES string of the molecule is CCCN(C(=N)c1ccccc1)C(=O)c1ccc(C)cc1. The van der Waals surface area contributed by atoms with E-state index in [1.165, 1.54) is 0 Å². The lowest BCUT2D eigenvalue weighted by atomic mass is 10.1. The van der Waals surface area contributed by atoms with E-state index in [4.69, 9.17) is 5.41 Å². The van der Waals surface area contributed by atoms with Gasteiger partial charge in [0.15, 0.2) is 0 Å². The number of aryl methyl sites for hydroxylation is 1. The first kappa shape index (κ1) is 15.0. The van der Waals surface area contributed by atoms with E-state index < -0.39 is 0 Å². The number of carbonyl (C=O) groups excluding carboxylic acids is 1. The highest BCUT2D eigenvalue weighted by Gasteiger charge is 2.20. The largest absolute Gasteiger partial charge is 0.293 e. The molecule has 1 amide bonds. The van der Waals surface area contributed by atoms with Crippen molar-refractivity contribution in [2.45, 2.75) is 20.3 Å². The second kappa shape index (κ2) is 6.84. The number of amides is 1. The Hall–Kier alpha value is -2.42. The molecule has 0 atom stereocenters. The van der Waals surface area contributed by atoms with E-state index in [0.29, 0.717) is 12.1 Å². The minimum atomic E-state index is -0.120. The molecule has 0 fully saturated rings. The third-order valence-corrected chi connectivity index (χ3v) is 3.31. The number of benzene rings is 2. The Balaban J connectivity index is 2.28. The summed E-state index contributed by atoms with van der Waals surface area (Å²) in [6.07, 6.45) is 0.812. The molecule has 2 aromatic rings. The number of rotatable bonds is 4. The van der Waals surface area contributed by atoms with Gasteiger partial charge in [-0.15, -0.1) is 0 Å². The van der Waals surface area contributed by atoms with Gasteiger partial charge >= 0.3 is 0 Å². The molecule has 108 valence electrons. The van der Waals surface area contributed by atoms with Crippen molar-refractivity contribution < 1.29 is 4.79 Å². The zero-order valence-corrected chi connectivity index (χ0v) is 12.5. The lowest BCUT2D eigenvalue weighted by Crippen LogP contribution is -2.37. The third-order valence-electron chi connectivity index (χ3n) is 3.31. The maximum atomic E-state index is 12.6. The average Bonchev–Trinajstić information content (AvgIpc) is 2.53. The van der Waals surface area contributed by atoms with Crippen LogP contribution in [0.3, 0.4) is 0 Å². The molecule has 0 saturated carbocycles. The van der Waals surface area contributed by atoms with E-state index >= 15 is 0 Å². The minimum Gasteiger partial charge on any atom is -0.293 e. The van der Waals surface area contributed by atoms with Crippen molar-refractivity contribution >= 4 is 11.7 Å². The van der Waals surface area contributed by atoms with Crippen molar-refractivity contribution in [2.24, 2.45) is 0 Å². The quantitative estimate of drug-likeness (QED) is 0.670. The van der Waals surface area contributed by atoms with E-state index in [1.54, 1.807) is 4.90 Å². The summed E-state index contributed by atoms with van der Waals surface area (Å²) >= 11 is 0. The van der Waals surface area contributed by atoms with Gasteiger partial charge in [-0.05, 0) is 25.5 Å². The van der Waals surface area contributed by atoms with Crippen LogP contribution in [-0.4, -0.2) is 23.2 Å². The van der Waals surface area contributed by atoms with Crippen LogP contribution in [-0.2, 0) is 0 Å². The predicted octanol–water partition coefficient (Wildman–Crippen LogP) is 3.87. The van der Waals surface area contributed by atoms with Gasteiger partial charge in [-0.2, -0.15) is 0 Å². The number of carbonyl (C=O) groups is 1. The third kappa shape index (κ3) is 3.57. The topological polar surface area (TPSA) is 44.2 Å². The molecule has 0 heterocycles. The Morgan fingerprint density at radius 2 is 1.62 bits per heavy atom. The first-order chi connectivity index (χ1) is 10.1. The Morgan fingerprint density at radius 1 is 1.00 bits per heavy atom. The monoisotopic (exact) mass is 280 g/mol. The van der Waals surface area contributed by atoms with Crippen molar-refractivity contribution in [1.29, 1.82) is 5.41 Å². The van der Waals surface area contributed by atoms with Crippen molar-refractivity contribution in [2.75, 3.05) is 6.54 Å². The highest BCUT2D eigenvalue weighted by Crippen LogP contribution is 2.12. The number of nitrogens with one attached hydrogen (secondary N) is 1. The van der Waals surface area contributed by atoms with Gasteiger partial charge in [0.25, 0.3) is 5.91 Å². The number of nitrogens with zero attached hydrogens (tertiary/aromatic N) is 1. The van der Waals surface area contributed by atoms with E-state index in [9.17, 15) is 4.79 Å². The summed E-state index contributed by atoms with van der Waals surface area (Å²) in [6, 6.07) is 16.8. The van der Waals surface area contributed by atoms with E-state index in [1.807, 2.05) is 68.4 Å². The van der Waals surface area contributed by atoms with Gasteiger partial charge in [-0.1, -0.05) is 55.0 Å². The van der Waals surface area contributed by atoms with E-state index in [-0.39, 0.29) is 11.7 Å². The van der Waals surface area contributed by atoms with Crippen LogP contribution in [0, 0.1) is 12.3 Å². The van der Waals surface area contributed by atoms with Gasteiger partial charge in [0.2, 0.25) is 0 Å². The molecular formula is C18H20N2O. The van der Waals surface area contributed by atoms with Crippen molar-refractivity contribution in [1.82, 2.24) is 4.90 Å². The number of hydrogen-bond acceptors (Lipinski definition) is 2. The van der Waals surface area contributed by atoms with Crippen LogP contribution in [0.5, 0.6) is 0 Å². The predicted molar refractivity (Wildman–Crippen MR) is 85.8 cm³/mol. The van der Waals surface area contributed by atoms with Crippen LogP contribution >= 0.6 is 0 Å². The molecule has 0 aromatic heterocycles. The molecular weight excluding hydrogens is 260 g/mol. The molecule has 0 unspecified atom stereocenters. The van der Waals surface area contributed by atoms with Gasteiger partial charge in [0.05, 0.1) is 0 Å². The lowest BCUT2D eigenvalue weighted by molar-refractivity contribution is 0.0847. The molecule has 0 bridgehead atoms. The summed E-state index contributed by atoms with van der Waals surface area (Å²) in [4.78, 5) is 14.2. The van der Waals surface area contributed by atoms with E-state index in [0.717, 1.165) is 17.5 Å². The van der Waals surface area contributed by atoms with Crippen LogP contribution in [0.1, 0.15) is 34.8 Å². The molecule has 0 aliphatic rings. The molecule has 0 aliphatic carbocycles. The zero-order valence-electron chi connectivity index (χ0n) is 12.5. The molecule has 2 aromatic carbocycles. The molecule has 1 N–H and O–H groups in total. The summed E-state index contributed by atoms with van der Waals surface area (Å²) in [5, 5.41) is 8.32. The van der Waals surface area contributed by atoms with E-state index in [2.05, 4.69) is 0 Å². The van der Waals surface area contributed by atoms with Gasteiger partial charge in [-0.25, -0.2) is 0 Å². The summed E-state index contributed by atoms with van der Waals surface area (Å²) in [7, 11) is 0. The Kier molecular flexibility index (Phi) is 4.88. The van der Waals surface area contributed by atoms with Gasteiger partial charge in [0, 0.05) is 17.7 Å². The smallest absolute Gasteiger partial charge is 0.259 e. The molecule has 3 heteroatoms. The Morgan fingerprint density at radius 3 is 2.19 bits per heavy atom. The highest BCUT2D eigenvalue weighted by atomic mass is 16.2. The Labute approximate surface area is 125 Å². The van der Waals surface area contributed by atoms with Crippen LogP contribution in [0.15, 0.2) is 54.6 Å². The molecule has 0 spiro atoms. The molecule has 0 aliphatic heterocycles.